The number of rotatable bonds is 9. The zero-order chi connectivity index (χ0) is 21.3. The first-order valence-electron chi connectivity index (χ1n) is 10.6. The fourth-order valence-corrected chi connectivity index (χ4v) is 3.52. The van der Waals surface area contributed by atoms with Crippen LogP contribution in [-0.4, -0.2) is 71.4 Å². The molecule has 0 atom stereocenters. The second kappa shape index (κ2) is 10.9. The highest BCUT2D eigenvalue weighted by Gasteiger charge is 2.21. The van der Waals surface area contributed by atoms with Gasteiger partial charge in [0.05, 0.1) is 6.54 Å². The lowest BCUT2D eigenvalue weighted by Crippen LogP contribution is -2.45. The van der Waals surface area contributed by atoms with E-state index in [1.165, 1.54) is 11.8 Å². The summed E-state index contributed by atoms with van der Waals surface area (Å²) in [6.07, 6.45) is 5.87. The Bertz CT molecular complexity index is 851. The van der Waals surface area contributed by atoms with Crippen LogP contribution in [0, 0.1) is 0 Å². The number of piperazine rings is 1. The summed E-state index contributed by atoms with van der Waals surface area (Å²) < 4.78 is 5.58. The monoisotopic (exact) mass is 408 g/mol. The van der Waals surface area contributed by atoms with Gasteiger partial charge in [0.1, 0.15) is 6.26 Å². The van der Waals surface area contributed by atoms with Gasteiger partial charge in [0.25, 0.3) is 5.91 Å². The smallest absolute Gasteiger partial charge is 0.276 e. The van der Waals surface area contributed by atoms with E-state index in [0.29, 0.717) is 31.2 Å². The molecule has 1 amide bonds. The van der Waals surface area contributed by atoms with Gasteiger partial charge in [0.2, 0.25) is 5.89 Å². The van der Waals surface area contributed by atoms with Crippen LogP contribution in [0.25, 0.3) is 6.08 Å². The van der Waals surface area contributed by atoms with E-state index in [1.54, 1.807) is 4.90 Å². The van der Waals surface area contributed by atoms with Crippen LogP contribution in [0.1, 0.15) is 35.8 Å². The molecule has 2 aromatic rings. The molecule has 0 aliphatic carbocycles. The van der Waals surface area contributed by atoms with Crippen molar-refractivity contribution in [2.45, 2.75) is 20.4 Å². The Hall–Kier alpha value is -2.70. The van der Waals surface area contributed by atoms with E-state index in [1.807, 2.05) is 19.9 Å². The van der Waals surface area contributed by atoms with Gasteiger partial charge in [0, 0.05) is 45.8 Å². The van der Waals surface area contributed by atoms with Crippen molar-refractivity contribution in [1.82, 2.24) is 19.7 Å². The standard InChI is InChI=1S/C24H32N4O2/c1-4-28(17-20(2)3)24(29)22-19-30-23(25-22)18-27-15-13-26(14-16-27)12-8-11-21-9-6-5-7-10-21/h5-11,19H,2,4,12-18H2,1,3H3/b11-8+. The van der Waals surface area contributed by atoms with Gasteiger partial charge in [0.15, 0.2) is 5.69 Å². The fourth-order valence-electron chi connectivity index (χ4n) is 3.52. The molecule has 1 aliphatic rings. The topological polar surface area (TPSA) is 52.8 Å². The Morgan fingerprint density at radius 2 is 1.90 bits per heavy atom. The van der Waals surface area contributed by atoms with Crippen LogP contribution in [0.5, 0.6) is 0 Å². The van der Waals surface area contributed by atoms with Crippen LogP contribution in [0.4, 0.5) is 0 Å². The Labute approximate surface area is 179 Å². The predicted octanol–water partition coefficient (Wildman–Crippen LogP) is 3.54. The molecule has 0 saturated carbocycles. The van der Waals surface area contributed by atoms with Gasteiger partial charge >= 0.3 is 0 Å². The van der Waals surface area contributed by atoms with Gasteiger partial charge in [-0.05, 0) is 19.4 Å². The number of aromatic nitrogens is 1. The van der Waals surface area contributed by atoms with Crippen molar-refractivity contribution in [3.63, 3.8) is 0 Å². The molecule has 0 radical (unpaired) electrons. The average molecular weight is 409 g/mol. The number of hydrogen-bond donors (Lipinski definition) is 0. The quantitative estimate of drug-likeness (QED) is 0.594. The Kier molecular flexibility index (Phi) is 7.99. The number of likely N-dealkylation sites (N-methyl/N-ethyl adjacent to an activating group) is 1. The van der Waals surface area contributed by atoms with Gasteiger partial charge in [-0.1, -0.05) is 54.6 Å². The molecular weight excluding hydrogens is 376 g/mol. The van der Waals surface area contributed by atoms with Crippen molar-refractivity contribution < 1.29 is 9.21 Å². The molecule has 1 fully saturated rings. The molecule has 0 unspecified atom stereocenters. The summed E-state index contributed by atoms with van der Waals surface area (Å²) in [4.78, 5) is 23.5. The van der Waals surface area contributed by atoms with Crippen LogP contribution in [-0.2, 0) is 6.54 Å². The molecule has 1 aliphatic heterocycles. The molecule has 6 nitrogen and oxygen atoms in total. The SMILES string of the molecule is C=C(C)CN(CC)C(=O)c1coc(CN2CCN(C/C=C/c3ccccc3)CC2)n1. The summed E-state index contributed by atoms with van der Waals surface area (Å²) >= 11 is 0. The maximum atomic E-state index is 12.6. The molecule has 30 heavy (non-hydrogen) atoms. The minimum atomic E-state index is -0.106. The normalized spacial score (nSPS) is 15.5. The summed E-state index contributed by atoms with van der Waals surface area (Å²) in [5.41, 5.74) is 2.55. The molecule has 6 heteroatoms. The lowest BCUT2D eigenvalue weighted by atomic mass is 10.2. The third-order valence-corrected chi connectivity index (χ3v) is 5.20. The number of oxazole rings is 1. The molecule has 2 heterocycles. The van der Waals surface area contributed by atoms with E-state index in [-0.39, 0.29) is 5.91 Å². The molecule has 0 N–H and O–H groups in total. The van der Waals surface area contributed by atoms with Gasteiger partial charge in [-0.3, -0.25) is 14.6 Å². The lowest BCUT2D eigenvalue weighted by molar-refractivity contribution is 0.0772. The highest BCUT2D eigenvalue weighted by Crippen LogP contribution is 2.12. The zero-order valence-electron chi connectivity index (χ0n) is 18.1. The van der Waals surface area contributed by atoms with Crippen molar-refractivity contribution in [1.29, 1.82) is 0 Å². The predicted molar refractivity (Wildman–Crippen MR) is 120 cm³/mol. The molecule has 0 spiro atoms. The maximum absolute atomic E-state index is 12.6. The average Bonchev–Trinajstić information content (AvgIpc) is 3.22. The Balaban J connectivity index is 1.44. The molecular formula is C24H32N4O2. The van der Waals surface area contributed by atoms with Gasteiger partial charge in [-0.2, -0.15) is 0 Å². The number of carbonyl (C=O) groups is 1. The molecule has 3 rings (SSSR count). The van der Waals surface area contributed by atoms with Crippen molar-refractivity contribution in [3.05, 3.63) is 72.0 Å². The van der Waals surface area contributed by atoms with Crippen LogP contribution in [0.3, 0.4) is 0 Å². The van der Waals surface area contributed by atoms with Crippen LogP contribution < -0.4 is 0 Å². The van der Waals surface area contributed by atoms with Crippen molar-refractivity contribution in [2.75, 3.05) is 45.8 Å². The fraction of sp³-hybridized carbons (Fsp3) is 0.417. The van der Waals surface area contributed by atoms with E-state index < -0.39 is 0 Å². The van der Waals surface area contributed by atoms with Gasteiger partial charge in [-0.15, -0.1) is 0 Å². The van der Waals surface area contributed by atoms with E-state index in [4.69, 9.17) is 4.42 Å². The van der Waals surface area contributed by atoms with Crippen molar-refractivity contribution in [2.24, 2.45) is 0 Å². The maximum Gasteiger partial charge on any atom is 0.276 e. The number of hydrogen-bond acceptors (Lipinski definition) is 5. The summed E-state index contributed by atoms with van der Waals surface area (Å²) in [5.74, 6) is 0.493. The third-order valence-electron chi connectivity index (χ3n) is 5.20. The zero-order valence-corrected chi connectivity index (χ0v) is 18.1. The number of carbonyl (C=O) groups excluding carboxylic acids is 1. The number of benzene rings is 1. The molecule has 160 valence electrons. The second-order valence-corrected chi connectivity index (χ2v) is 7.79. The first-order valence-corrected chi connectivity index (χ1v) is 10.6. The highest BCUT2D eigenvalue weighted by molar-refractivity contribution is 5.92. The Morgan fingerprint density at radius 1 is 1.20 bits per heavy atom. The first-order chi connectivity index (χ1) is 14.5. The van der Waals surface area contributed by atoms with Gasteiger partial charge < -0.3 is 9.32 Å². The number of nitrogens with zero attached hydrogens (tertiary/aromatic N) is 4. The van der Waals surface area contributed by atoms with E-state index in [2.05, 4.69) is 57.8 Å². The second-order valence-electron chi connectivity index (χ2n) is 7.79. The van der Waals surface area contributed by atoms with Gasteiger partial charge in [-0.25, -0.2) is 4.98 Å². The minimum absolute atomic E-state index is 0.106. The molecule has 1 aromatic heterocycles. The van der Waals surface area contributed by atoms with E-state index in [0.717, 1.165) is 38.3 Å². The van der Waals surface area contributed by atoms with Crippen molar-refractivity contribution in [3.8, 4) is 0 Å². The van der Waals surface area contributed by atoms with E-state index >= 15 is 0 Å². The van der Waals surface area contributed by atoms with Crippen LogP contribution in [0.2, 0.25) is 0 Å². The largest absolute Gasteiger partial charge is 0.447 e. The summed E-state index contributed by atoms with van der Waals surface area (Å²) in [6, 6.07) is 10.4. The first kappa shape index (κ1) is 22.0. The molecule has 1 aromatic carbocycles. The van der Waals surface area contributed by atoms with E-state index in [9.17, 15) is 4.79 Å². The van der Waals surface area contributed by atoms with Crippen molar-refractivity contribution >= 4 is 12.0 Å². The molecule has 0 bridgehead atoms. The Morgan fingerprint density at radius 3 is 2.57 bits per heavy atom. The summed E-state index contributed by atoms with van der Waals surface area (Å²) in [6.45, 7) is 14.4. The van der Waals surface area contributed by atoms with Crippen LogP contribution in [0.15, 0.2) is 59.2 Å². The summed E-state index contributed by atoms with van der Waals surface area (Å²) in [5, 5.41) is 0. The lowest BCUT2D eigenvalue weighted by Gasteiger charge is -2.33. The van der Waals surface area contributed by atoms with Crippen LogP contribution >= 0.6 is 0 Å². The molecule has 1 saturated heterocycles. The number of amides is 1. The third kappa shape index (κ3) is 6.40. The highest BCUT2D eigenvalue weighted by atomic mass is 16.3. The summed E-state index contributed by atoms with van der Waals surface area (Å²) in [7, 11) is 0. The minimum Gasteiger partial charge on any atom is -0.447 e.